The van der Waals surface area contributed by atoms with E-state index in [1.54, 1.807) is 24.3 Å². The third-order valence-electron chi connectivity index (χ3n) is 4.01. The molecule has 0 amide bonds. The minimum absolute atomic E-state index is 0.000914. The molecular formula is C19H6N12. The maximum absolute atomic E-state index is 9.34. The number of nitrogens with zero attached hydrogens (tertiary/aromatic N) is 11. The Kier molecular flexibility index (Phi) is 5.26. The van der Waals surface area contributed by atoms with Crippen molar-refractivity contribution in [3.63, 3.8) is 0 Å². The lowest BCUT2D eigenvalue weighted by molar-refractivity contribution is 1.17. The summed E-state index contributed by atoms with van der Waals surface area (Å²) in [5.41, 5.74) is -0.903. The fraction of sp³-hybridized carbons (Fsp3) is 0.105. The van der Waals surface area contributed by atoms with Crippen LogP contribution in [0, 0.1) is 68.0 Å². The lowest BCUT2D eigenvalue weighted by Crippen LogP contribution is -2.05. The minimum Gasteiger partial charge on any atom is -0.384 e. The van der Waals surface area contributed by atoms with Gasteiger partial charge in [0.15, 0.2) is 22.8 Å². The lowest BCUT2D eigenvalue weighted by atomic mass is 10.1. The first-order valence-electron chi connectivity index (χ1n) is 8.28. The molecule has 0 atom stereocenters. The van der Waals surface area contributed by atoms with Crippen molar-refractivity contribution in [3.05, 3.63) is 22.8 Å². The summed E-state index contributed by atoms with van der Waals surface area (Å²) >= 11 is 0. The molecule has 0 saturated heterocycles. The molecule has 0 radical (unpaired) electrons. The van der Waals surface area contributed by atoms with E-state index in [1.807, 2.05) is 12.1 Å². The molecule has 0 unspecified atom stereocenters. The fourth-order valence-corrected chi connectivity index (χ4v) is 2.74. The largest absolute Gasteiger partial charge is 0.384 e. The van der Waals surface area contributed by atoms with Crippen molar-refractivity contribution in [2.75, 3.05) is 12.4 Å². The van der Waals surface area contributed by atoms with Gasteiger partial charge in [-0.15, -0.1) is 0 Å². The SMILES string of the molecule is CNc1c(N=C(C#N)CC#N)c2nc(C#N)c(C#N)nc2c2nc(C#N)c(C#N)nc12. The molecule has 3 rings (SSSR count). The van der Waals surface area contributed by atoms with Crippen molar-refractivity contribution in [1.82, 2.24) is 19.9 Å². The van der Waals surface area contributed by atoms with Crippen LogP contribution in [0.4, 0.5) is 11.4 Å². The summed E-state index contributed by atoms with van der Waals surface area (Å²) in [6, 6.07) is 10.7. The Hall–Kier alpha value is -5.69. The van der Waals surface area contributed by atoms with E-state index >= 15 is 0 Å². The Morgan fingerprint density at radius 1 is 0.742 bits per heavy atom. The van der Waals surface area contributed by atoms with Gasteiger partial charge in [-0.3, -0.25) is 0 Å². The van der Waals surface area contributed by atoms with Crippen LogP contribution in [0.5, 0.6) is 0 Å². The molecule has 2 aromatic heterocycles. The number of fused-ring (bicyclic) bond motifs is 3. The van der Waals surface area contributed by atoms with Crippen LogP contribution in [0.1, 0.15) is 29.2 Å². The Bertz CT molecular complexity index is 1560. The highest BCUT2D eigenvalue weighted by atomic mass is 15.0. The molecule has 12 heteroatoms. The number of aliphatic imine (C=N–C) groups is 1. The third-order valence-corrected chi connectivity index (χ3v) is 4.01. The summed E-state index contributed by atoms with van der Waals surface area (Å²) in [7, 11) is 1.52. The van der Waals surface area contributed by atoms with E-state index in [0.29, 0.717) is 0 Å². The smallest absolute Gasteiger partial charge is 0.177 e. The summed E-state index contributed by atoms with van der Waals surface area (Å²) in [4.78, 5) is 20.9. The quantitative estimate of drug-likeness (QED) is 0.489. The topological polar surface area (TPSA) is 219 Å². The van der Waals surface area contributed by atoms with E-state index in [4.69, 9.17) is 5.26 Å². The molecular weight excluding hydrogens is 396 g/mol. The molecule has 0 saturated carbocycles. The molecule has 142 valence electrons. The first-order chi connectivity index (χ1) is 15.1. The van der Waals surface area contributed by atoms with Crippen molar-refractivity contribution >= 4 is 39.2 Å². The predicted molar refractivity (Wildman–Crippen MR) is 104 cm³/mol. The second-order valence-corrected chi connectivity index (χ2v) is 5.66. The van der Waals surface area contributed by atoms with Crippen LogP contribution in [0.15, 0.2) is 4.99 Å². The van der Waals surface area contributed by atoms with Gasteiger partial charge in [0.2, 0.25) is 0 Å². The lowest BCUT2D eigenvalue weighted by Gasteiger charge is -2.13. The third kappa shape index (κ3) is 3.22. The molecule has 31 heavy (non-hydrogen) atoms. The van der Waals surface area contributed by atoms with Gasteiger partial charge >= 0.3 is 0 Å². The minimum atomic E-state index is -0.295. The van der Waals surface area contributed by atoms with Gasteiger partial charge in [0.25, 0.3) is 0 Å². The van der Waals surface area contributed by atoms with Crippen LogP contribution in [0.3, 0.4) is 0 Å². The number of hydrogen-bond acceptors (Lipinski definition) is 12. The number of aromatic nitrogens is 4. The van der Waals surface area contributed by atoms with Crippen molar-refractivity contribution in [1.29, 1.82) is 31.6 Å². The van der Waals surface area contributed by atoms with Gasteiger partial charge in [-0.2, -0.15) is 31.6 Å². The van der Waals surface area contributed by atoms with Gasteiger partial charge in [-0.25, -0.2) is 24.9 Å². The Morgan fingerprint density at radius 2 is 1.19 bits per heavy atom. The Labute approximate surface area is 174 Å². The van der Waals surface area contributed by atoms with Crippen molar-refractivity contribution in [2.45, 2.75) is 6.42 Å². The van der Waals surface area contributed by atoms with Gasteiger partial charge < -0.3 is 5.32 Å². The zero-order valence-corrected chi connectivity index (χ0v) is 15.6. The van der Waals surface area contributed by atoms with Crippen LogP contribution in [0.25, 0.3) is 22.1 Å². The van der Waals surface area contributed by atoms with Gasteiger partial charge in [0, 0.05) is 7.05 Å². The van der Waals surface area contributed by atoms with E-state index in [1.165, 1.54) is 7.05 Å². The number of hydrogen-bond donors (Lipinski definition) is 1. The first-order valence-corrected chi connectivity index (χ1v) is 8.28. The molecule has 0 bridgehead atoms. The van der Waals surface area contributed by atoms with Crippen molar-refractivity contribution in [2.24, 2.45) is 4.99 Å². The fourth-order valence-electron chi connectivity index (χ4n) is 2.74. The Morgan fingerprint density at radius 3 is 1.61 bits per heavy atom. The highest BCUT2D eigenvalue weighted by Crippen LogP contribution is 2.39. The monoisotopic (exact) mass is 402 g/mol. The summed E-state index contributed by atoms with van der Waals surface area (Å²) in [6.07, 6.45) is -0.295. The number of nitriles is 6. The van der Waals surface area contributed by atoms with E-state index in [-0.39, 0.29) is 68.3 Å². The molecule has 12 nitrogen and oxygen atoms in total. The maximum Gasteiger partial charge on any atom is 0.177 e. The second kappa shape index (κ2) is 8.13. The number of benzene rings is 1. The Balaban J connectivity index is 2.69. The van der Waals surface area contributed by atoms with E-state index in [2.05, 4.69) is 30.2 Å². The molecule has 0 spiro atoms. The molecule has 0 aliphatic rings. The van der Waals surface area contributed by atoms with Gasteiger partial charge in [-0.1, -0.05) is 0 Å². The second-order valence-electron chi connectivity index (χ2n) is 5.66. The van der Waals surface area contributed by atoms with Crippen molar-refractivity contribution in [3.8, 4) is 36.4 Å². The zero-order valence-electron chi connectivity index (χ0n) is 15.6. The summed E-state index contributed by atoms with van der Waals surface area (Å²) < 4.78 is 0. The van der Waals surface area contributed by atoms with Crippen LogP contribution < -0.4 is 5.32 Å². The first kappa shape index (κ1) is 20.1. The van der Waals surface area contributed by atoms with Gasteiger partial charge in [-0.05, 0) is 0 Å². The van der Waals surface area contributed by atoms with E-state index < -0.39 is 0 Å². The summed E-state index contributed by atoms with van der Waals surface area (Å²) in [6.45, 7) is 0. The van der Waals surface area contributed by atoms with Crippen LogP contribution in [-0.4, -0.2) is 32.7 Å². The zero-order chi connectivity index (χ0) is 22.5. The average Bonchev–Trinajstić information content (AvgIpc) is 2.81. The molecule has 0 fully saturated rings. The van der Waals surface area contributed by atoms with E-state index in [9.17, 15) is 26.3 Å². The maximum atomic E-state index is 9.34. The molecule has 2 heterocycles. The normalized spacial score (nSPS) is 10.2. The van der Waals surface area contributed by atoms with E-state index in [0.717, 1.165) is 0 Å². The number of rotatable bonds is 3. The summed E-state index contributed by atoms with van der Waals surface area (Å²) in [5.74, 6) is 0. The van der Waals surface area contributed by atoms with Crippen LogP contribution in [0.2, 0.25) is 0 Å². The standard InChI is InChI=1S/C19H6N12/c1-26-14-15(27-9(4-21)2-3-20)17-19(31-13(8-25)12(7-24)29-17)18-16(14)28-10(5-22)11(6-23)30-18/h26H,2H2,1H3. The molecule has 0 aliphatic heterocycles. The predicted octanol–water partition coefficient (Wildman–Crippen LogP) is 1.61. The number of anilines is 1. The molecule has 3 aromatic rings. The van der Waals surface area contributed by atoms with Crippen molar-refractivity contribution < 1.29 is 0 Å². The van der Waals surface area contributed by atoms with Gasteiger partial charge in [0.05, 0.1) is 18.2 Å². The average molecular weight is 402 g/mol. The van der Waals surface area contributed by atoms with Crippen LogP contribution in [-0.2, 0) is 0 Å². The molecule has 1 aromatic carbocycles. The van der Waals surface area contributed by atoms with Gasteiger partial charge in [0.1, 0.15) is 63.8 Å². The molecule has 0 aliphatic carbocycles. The number of nitrogens with one attached hydrogen (secondary N) is 1. The highest BCUT2D eigenvalue weighted by Gasteiger charge is 2.23. The van der Waals surface area contributed by atoms with Crippen LogP contribution >= 0.6 is 0 Å². The summed E-state index contributed by atoms with van der Waals surface area (Å²) in [5, 5.41) is 58.4. The molecule has 1 N–H and O–H groups in total. The highest BCUT2D eigenvalue weighted by molar-refractivity contribution is 6.16.